The van der Waals surface area contributed by atoms with Gasteiger partial charge in [-0.05, 0) is 37.5 Å². The van der Waals surface area contributed by atoms with Crippen LogP contribution < -0.4 is 15.8 Å². The highest BCUT2D eigenvalue weighted by atomic mass is 32.1. The molecule has 0 amide bonds. The van der Waals surface area contributed by atoms with Gasteiger partial charge in [0.25, 0.3) is 0 Å². The Hall–Kier alpha value is -1.69. The minimum absolute atomic E-state index is 0.0393. The molecule has 0 aliphatic heterocycles. The van der Waals surface area contributed by atoms with E-state index in [1.54, 1.807) is 7.11 Å². The SMILES string of the molecule is COc1c(N)nsc1NC(C)c1ccc(C)o1. The minimum atomic E-state index is 0.0393. The number of nitrogens with one attached hydrogen (secondary N) is 1. The summed E-state index contributed by atoms with van der Waals surface area (Å²) in [5, 5.41) is 4.08. The Morgan fingerprint density at radius 1 is 1.53 bits per heavy atom. The molecule has 1 unspecified atom stereocenters. The van der Waals surface area contributed by atoms with Crippen molar-refractivity contribution in [3.05, 3.63) is 23.7 Å². The van der Waals surface area contributed by atoms with Crippen molar-refractivity contribution < 1.29 is 9.15 Å². The predicted molar refractivity (Wildman–Crippen MR) is 68.6 cm³/mol. The molecule has 0 spiro atoms. The molecule has 3 N–H and O–H groups in total. The fraction of sp³-hybridized carbons (Fsp3) is 0.364. The summed E-state index contributed by atoms with van der Waals surface area (Å²) in [4.78, 5) is 0. The van der Waals surface area contributed by atoms with Crippen LogP contribution in [0.4, 0.5) is 10.8 Å². The van der Waals surface area contributed by atoms with Gasteiger partial charge in [-0.2, -0.15) is 4.37 Å². The van der Waals surface area contributed by atoms with Crippen LogP contribution in [-0.2, 0) is 0 Å². The van der Waals surface area contributed by atoms with Crippen molar-refractivity contribution in [3.8, 4) is 5.75 Å². The summed E-state index contributed by atoms with van der Waals surface area (Å²) in [5.41, 5.74) is 5.68. The maximum atomic E-state index is 5.68. The molecule has 0 saturated heterocycles. The number of nitrogens with zero attached hydrogens (tertiary/aromatic N) is 1. The second kappa shape index (κ2) is 4.67. The lowest BCUT2D eigenvalue weighted by Gasteiger charge is -2.11. The lowest BCUT2D eigenvalue weighted by atomic mass is 10.2. The van der Waals surface area contributed by atoms with Gasteiger partial charge in [0.05, 0.1) is 13.2 Å². The molecule has 0 aliphatic rings. The monoisotopic (exact) mass is 253 g/mol. The fourth-order valence-corrected chi connectivity index (χ4v) is 2.31. The topological polar surface area (TPSA) is 73.3 Å². The zero-order valence-electron chi connectivity index (χ0n) is 9.98. The number of nitrogen functional groups attached to an aromatic ring is 1. The van der Waals surface area contributed by atoms with Gasteiger partial charge < -0.3 is 20.2 Å². The molecule has 5 nitrogen and oxygen atoms in total. The number of nitrogens with two attached hydrogens (primary N) is 1. The summed E-state index contributed by atoms with van der Waals surface area (Å²) in [5.74, 6) is 2.76. The van der Waals surface area contributed by atoms with Gasteiger partial charge in [-0.1, -0.05) is 0 Å². The molecule has 17 heavy (non-hydrogen) atoms. The number of hydrogen-bond donors (Lipinski definition) is 2. The van der Waals surface area contributed by atoms with Crippen molar-refractivity contribution in [2.75, 3.05) is 18.2 Å². The lowest BCUT2D eigenvalue weighted by Crippen LogP contribution is -2.05. The van der Waals surface area contributed by atoms with Crippen LogP contribution in [0.2, 0.25) is 0 Å². The minimum Gasteiger partial charge on any atom is -0.490 e. The Bertz CT molecular complexity index is 507. The largest absolute Gasteiger partial charge is 0.490 e. The number of methoxy groups -OCH3 is 1. The van der Waals surface area contributed by atoms with Crippen molar-refractivity contribution in [3.63, 3.8) is 0 Å². The third-order valence-electron chi connectivity index (χ3n) is 2.41. The number of rotatable bonds is 4. The van der Waals surface area contributed by atoms with E-state index in [4.69, 9.17) is 14.9 Å². The Morgan fingerprint density at radius 3 is 2.88 bits per heavy atom. The summed E-state index contributed by atoms with van der Waals surface area (Å²) >= 11 is 1.28. The van der Waals surface area contributed by atoms with Gasteiger partial charge in [-0.3, -0.25) is 0 Å². The molecule has 2 aromatic rings. The van der Waals surface area contributed by atoms with Gasteiger partial charge in [0.2, 0.25) is 0 Å². The quantitative estimate of drug-likeness (QED) is 0.876. The van der Waals surface area contributed by atoms with Crippen LogP contribution in [0.3, 0.4) is 0 Å². The Kier molecular flexibility index (Phi) is 3.23. The van der Waals surface area contributed by atoms with E-state index in [0.717, 1.165) is 16.5 Å². The zero-order valence-corrected chi connectivity index (χ0v) is 10.8. The highest BCUT2D eigenvalue weighted by Gasteiger charge is 2.16. The van der Waals surface area contributed by atoms with Gasteiger partial charge in [0.1, 0.15) is 11.5 Å². The number of aryl methyl sites for hydroxylation is 1. The fourth-order valence-electron chi connectivity index (χ4n) is 1.54. The van der Waals surface area contributed by atoms with E-state index in [-0.39, 0.29) is 6.04 Å². The summed E-state index contributed by atoms with van der Waals surface area (Å²) < 4.78 is 14.8. The predicted octanol–water partition coefficient (Wildman–Crippen LogP) is 2.81. The van der Waals surface area contributed by atoms with Crippen molar-refractivity contribution in [1.82, 2.24) is 4.37 Å². The molecule has 92 valence electrons. The van der Waals surface area contributed by atoms with Gasteiger partial charge in [-0.25, -0.2) is 0 Å². The summed E-state index contributed by atoms with van der Waals surface area (Å²) in [6.45, 7) is 3.93. The second-order valence-electron chi connectivity index (χ2n) is 3.74. The highest BCUT2D eigenvalue weighted by Crippen LogP contribution is 2.37. The molecule has 2 rings (SSSR count). The molecule has 0 aliphatic carbocycles. The summed E-state index contributed by atoms with van der Waals surface area (Å²) in [6, 6.07) is 3.92. The molecule has 0 fully saturated rings. The van der Waals surface area contributed by atoms with Gasteiger partial charge in [0.15, 0.2) is 16.6 Å². The number of ether oxygens (including phenoxy) is 1. The first kappa shape index (κ1) is 11.8. The Balaban J connectivity index is 2.15. The summed E-state index contributed by atoms with van der Waals surface area (Å²) in [6.07, 6.45) is 0. The molecule has 0 saturated carbocycles. The molecule has 0 aromatic carbocycles. The van der Waals surface area contributed by atoms with E-state index in [2.05, 4.69) is 9.69 Å². The molecule has 0 bridgehead atoms. The number of anilines is 2. The third kappa shape index (κ3) is 2.36. The second-order valence-corrected chi connectivity index (χ2v) is 4.52. The first-order chi connectivity index (χ1) is 8.11. The van der Waals surface area contributed by atoms with Gasteiger partial charge in [0, 0.05) is 0 Å². The molecule has 0 radical (unpaired) electrons. The van der Waals surface area contributed by atoms with Crippen LogP contribution in [0.15, 0.2) is 16.5 Å². The van der Waals surface area contributed by atoms with Gasteiger partial charge >= 0.3 is 0 Å². The van der Waals surface area contributed by atoms with Crippen molar-refractivity contribution in [1.29, 1.82) is 0 Å². The maximum Gasteiger partial charge on any atom is 0.197 e. The van der Waals surface area contributed by atoms with Crippen LogP contribution in [0.25, 0.3) is 0 Å². The van der Waals surface area contributed by atoms with Crippen LogP contribution in [0.5, 0.6) is 5.75 Å². The summed E-state index contributed by atoms with van der Waals surface area (Å²) in [7, 11) is 1.58. The molecule has 2 heterocycles. The molecule has 6 heteroatoms. The Labute approximate surface area is 104 Å². The Morgan fingerprint density at radius 2 is 2.29 bits per heavy atom. The van der Waals surface area contributed by atoms with E-state index < -0.39 is 0 Å². The number of hydrogen-bond acceptors (Lipinski definition) is 6. The van der Waals surface area contributed by atoms with Crippen molar-refractivity contribution >= 4 is 22.4 Å². The molecule has 2 aromatic heterocycles. The van der Waals surface area contributed by atoms with Crippen LogP contribution in [0, 0.1) is 6.92 Å². The van der Waals surface area contributed by atoms with E-state index in [0.29, 0.717) is 11.6 Å². The smallest absolute Gasteiger partial charge is 0.197 e. The van der Waals surface area contributed by atoms with Crippen LogP contribution >= 0.6 is 11.5 Å². The third-order valence-corrected chi connectivity index (χ3v) is 3.19. The van der Waals surface area contributed by atoms with E-state index in [1.807, 2.05) is 26.0 Å². The molecule has 1 atom stereocenters. The first-order valence-corrected chi connectivity index (χ1v) is 6.01. The van der Waals surface area contributed by atoms with Crippen molar-refractivity contribution in [2.24, 2.45) is 0 Å². The number of furan rings is 1. The molecular weight excluding hydrogens is 238 g/mol. The highest BCUT2D eigenvalue weighted by molar-refractivity contribution is 7.11. The van der Waals surface area contributed by atoms with Crippen LogP contribution in [-0.4, -0.2) is 11.5 Å². The average molecular weight is 253 g/mol. The first-order valence-electron chi connectivity index (χ1n) is 5.23. The van der Waals surface area contributed by atoms with Crippen molar-refractivity contribution in [2.45, 2.75) is 19.9 Å². The number of aromatic nitrogens is 1. The normalized spacial score (nSPS) is 12.4. The van der Waals surface area contributed by atoms with E-state index in [9.17, 15) is 0 Å². The van der Waals surface area contributed by atoms with Gasteiger partial charge in [-0.15, -0.1) is 0 Å². The van der Waals surface area contributed by atoms with E-state index in [1.165, 1.54) is 11.5 Å². The lowest BCUT2D eigenvalue weighted by molar-refractivity contribution is 0.418. The zero-order chi connectivity index (χ0) is 12.4. The standard InChI is InChI=1S/C11H15N3O2S/c1-6-4-5-8(16-6)7(2)13-11-9(15-3)10(12)14-17-11/h4-5,7,13H,1-3H3,(H2,12,14). The average Bonchev–Trinajstić information content (AvgIpc) is 2.86. The van der Waals surface area contributed by atoms with E-state index >= 15 is 0 Å². The molecular formula is C11H15N3O2S. The maximum absolute atomic E-state index is 5.68. The van der Waals surface area contributed by atoms with Crippen LogP contribution in [0.1, 0.15) is 24.5 Å².